The summed E-state index contributed by atoms with van der Waals surface area (Å²) in [6.07, 6.45) is 1.90. The maximum absolute atomic E-state index is 3.67. The third-order valence-electron chi connectivity index (χ3n) is 2.16. The lowest BCUT2D eigenvalue weighted by Crippen LogP contribution is -2.40. The fourth-order valence-electron chi connectivity index (χ4n) is 1.37. The van der Waals surface area contributed by atoms with Crippen molar-refractivity contribution in [1.82, 2.24) is 10.2 Å². The molecule has 0 amide bonds. The molecule has 0 aromatic carbocycles. The van der Waals surface area contributed by atoms with Gasteiger partial charge in [0.1, 0.15) is 0 Å². The second-order valence-electron chi connectivity index (χ2n) is 3.02. The summed E-state index contributed by atoms with van der Waals surface area (Å²) in [5.74, 6) is 0. The van der Waals surface area contributed by atoms with Gasteiger partial charge in [-0.05, 0) is 20.0 Å². The van der Waals surface area contributed by atoms with Crippen LogP contribution in [-0.4, -0.2) is 37.1 Å². The van der Waals surface area contributed by atoms with Crippen LogP contribution >= 0.6 is 0 Å². The van der Waals surface area contributed by atoms with Gasteiger partial charge in [-0.3, -0.25) is 4.90 Å². The molecule has 0 fully saturated rings. The Labute approximate surface area is 76.6 Å². The van der Waals surface area contributed by atoms with Crippen LogP contribution in [0.1, 0.15) is 20.8 Å². The van der Waals surface area contributed by atoms with Gasteiger partial charge in [-0.2, -0.15) is 0 Å². The second kappa shape index (κ2) is 7.32. The molecule has 0 spiro atoms. The zero-order chi connectivity index (χ0) is 9.40. The predicted molar refractivity (Wildman–Crippen MR) is 55.4 cm³/mol. The second-order valence-corrected chi connectivity index (χ2v) is 3.02. The Bertz CT molecular complexity index is 108. The molecule has 0 aliphatic heterocycles. The standard InChI is InChI=1S/C10H22N2/c1-5-8-11-9-10(4)12(6-2)7-3/h5,10-11H,1,6-9H2,2-4H3. The number of hydrogen-bond acceptors (Lipinski definition) is 2. The van der Waals surface area contributed by atoms with Crippen molar-refractivity contribution in [3.8, 4) is 0 Å². The molecular weight excluding hydrogens is 148 g/mol. The summed E-state index contributed by atoms with van der Waals surface area (Å²) < 4.78 is 0. The van der Waals surface area contributed by atoms with E-state index in [-0.39, 0.29) is 0 Å². The summed E-state index contributed by atoms with van der Waals surface area (Å²) >= 11 is 0. The highest BCUT2D eigenvalue weighted by molar-refractivity contribution is 4.73. The molecule has 0 aromatic rings. The molecule has 0 saturated heterocycles. The first-order chi connectivity index (χ1) is 5.76. The quantitative estimate of drug-likeness (QED) is 0.460. The molecule has 12 heavy (non-hydrogen) atoms. The first-order valence-electron chi connectivity index (χ1n) is 4.81. The van der Waals surface area contributed by atoms with E-state index in [2.05, 4.69) is 37.6 Å². The number of likely N-dealkylation sites (N-methyl/N-ethyl adjacent to an activating group) is 1. The SMILES string of the molecule is C=CCNCC(C)N(CC)CC. The van der Waals surface area contributed by atoms with E-state index >= 15 is 0 Å². The van der Waals surface area contributed by atoms with Crippen molar-refractivity contribution in [2.45, 2.75) is 26.8 Å². The van der Waals surface area contributed by atoms with Crippen LogP contribution in [0.2, 0.25) is 0 Å². The minimum Gasteiger partial charge on any atom is -0.312 e. The van der Waals surface area contributed by atoms with E-state index in [1.54, 1.807) is 0 Å². The monoisotopic (exact) mass is 170 g/mol. The molecule has 0 radical (unpaired) electrons. The van der Waals surface area contributed by atoms with Gasteiger partial charge in [-0.1, -0.05) is 19.9 Å². The molecule has 1 unspecified atom stereocenters. The van der Waals surface area contributed by atoms with Gasteiger partial charge in [0, 0.05) is 19.1 Å². The van der Waals surface area contributed by atoms with Crippen LogP contribution in [-0.2, 0) is 0 Å². The summed E-state index contributed by atoms with van der Waals surface area (Å²) in [6.45, 7) is 14.5. The molecule has 1 N–H and O–H groups in total. The first kappa shape index (κ1) is 11.7. The van der Waals surface area contributed by atoms with Gasteiger partial charge in [-0.25, -0.2) is 0 Å². The first-order valence-corrected chi connectivity index (χ1v) is 4.81. The van der Waals surface area contributed by atoms with Crippen molar-refractivity contribution >= 4 is 0 Å². The highest BCUT2D eigenvalue weighted by Crippen LogP contribution is 1.95. The largest absolute Gasteiger partial charge is 0.312 e. The van der Waals surface area contributed by atoms with E-state index in [0.717, 1.165) is 26.2 Å². The Balaban J connectivity index is 3.53. The number of nitrogens with one attached hydrogen (secondary N) is 1. The lowest BCUT2D eigenvalue weighted by Gasteiger charge is -2.26. The third kappa shape index (κ3) is 4.52. The van der Waals surface area contributed by atoms with Crippen molar-refractivity contribution in [2.24, 2.45) is 0 Å². The van der Waals surface area contributed by atoms with Gasteiger partial charge >= 0.3 is 0 Å². The highest BCUT2D eigenvalue weighted by Gasteiger charge is 2.07. The van der Waals surface area contributed by atoms with Crippen LogP contribution in [0, 0.1) is 0 Å². The van der Waals surface area contributed by atoms with Crippen LogP contribution in [0.4, 0.5) is 0 Å². The van der Waals surface area contributed by atoms with Crippen LogP contribution in [0.25, 0.3) is 0 Å². The van der Waals surface area contributed by atoms with E-state index in [1.807, 2.05) is 6.08 Å². The summed E-state index contributed by atoms with van der Waals surface area (Å²) in [4.78, 5) is 2.44. The van der Waals surface area contributed by atoms with Crippen LogP contribution < -0.4 is 5.32 Å². The van der Waals surface area contributed by atoms with Gasteiger partial charge in [0.05, 0.1) is 0 Å². The smallest absolute Gasteiger partial charge is 0.0192 e. The lowest BCUT2D eigenvalue weighted by atomic mass is 10.3. The molecule has 0 aliphatic carbocycles. The van der Waals surface area contributed by atoms with E-state index in [9.17, 15) is 0 Å². The van der Waals surface area contributed by atoms with Gasteiger partial charge in [0.25, 0.3) is 0 Å². The van der Waals surface area contributed by atoms with Crippen LogP contribution in [0.15, 0.2) is 12.7 Å². The zero-order valence-electron chi connectivity index (χ0n) is 8.64. The number of hydrogen-bond donors (Lipinski definition) is 1. The van der Waals surface area contributed by atoms with Crippen molar-refractivity contribution in [3.05, 3.63) is 12.7 Å². The maximum Gasteiger partial charge on any atom is 0.0192 e. The van der Waals surface area contributed by atoms with E-state index < -0.39 is 0 Å². The van der Waals surface area contributed by atoms with Crippen molar-refractivity contribution in [1.29, 1.82) is 0 Å². The van der Waals surface area contributed by atoms with Crippen LogP contribution in [0.3, 0.4) is 0 Å². The Hall–Kier alpha value is -0.340. The summed E-state index contributed by atoms with van der Waals surface area (Å²) in [5, 5.41) is 3.32. The average Bonchev–Trinajstić information content (AvgIpc) is 2.07. The molecule has 2 nitrogen and oxygen atoms in total. The summed E-state index contributed by atoms with van der Waals surface area (Å²) in [7, 11) is 0. The molecule has 0 heterocycles. The molecule has 72 valence electrons. The normalized spacial score (nSPS) is 13.3. The summed E-state index contributed by atoms with van der Waals surface area (Å²) in [5.41, 5.74) is 0. The van der Waals surface area contributed by atoms with E-state index in [1.165, 1.54) is 0 Å². The van der Waals surface area contributed by atoms with Crippen molar-refractivity contribution in [2.75, 3.05) is 26.2 Å². The van der Waals surface area contributed by atoms with Gasteiger partial charge < -0.3 is 5.32 Å². The molecule has 0 aliphatic rings. The third-order valence-corrected chi connectivity index (χ3v) is 2.16. The molecule has 1 atom stereocenters. The topological polar surface area (TPSA) is 15.3 Å². The number of nitrogens with zero attached hydrogens (tertiary/aromatic N) is 1. The molecule has 0 aromatic heterocycles. The van der Waals surface area contributed by atoms with Gasteiger partial charge in [0.2, 0.25) is 0 Å². The average molecular weight is 170 g/mol. The van der Waals surface area contributed by atoms with E-state index in [0.29, 0.717) is 6.04 Å². The maximum atomic E-state index is 3.67. The Morgan fingerprint density at radius 3 is 2.42 bits per heavy atom. The fourth-order valence-corrected chi connectivity index (χ4v) is 1.37. The molecule has 0 rings (SSSR count). The molecule has 2 heteroatoms. The zero-order valence-corrected chi connectivity index (χ0v) is 8.64. The van der Waals surface area contributed by atoms with Gasteiger partial charge in [0.15, 0.2) is 0 Å². The lowest BCUT2D eigenvalue weighted by molar-refractivity contribution is 0.227. The Morgan fingerprint density at radius 1 is 1.42 bits per heavy atom. The van der Waals surface area contributed by atoms with Crippen LogP contribution in [0.5, 0.6) is 0 Å². The highest BCUT2D eigenvalue weighted by atomic mass is 15.2. The fraction of sp³-hybridized carbons (Fsp3) is 0.800. The molecule has 0 saturated carbocycles. The predicted octanol–water partition coefficient (Wildman–Crippen LogP) is 1.49. The minimum absolute atomic E-state index is 0.625. The molecular formula is C10H22N2. The Kier molecular flexibility index (Phi) is 7.11. The number of rotatable bonds is 7. The van der Waals surface area contributed by atoms with E-state index in [4.69, 9.17) is 0 Å². The summed E-state index contributed by atoms with van der Waals surface area (Å²) in [6, 6.07) is 0.625. The van der Waals surface area contributed by atoms with Crippen molar-refractivity contribution < 1.29 is 0 Å². The van der Waals surface area contributed by atoms with Crippen molar-refractivity contribution in [3.63, 3.8) is 0 Å². The Morgan fingerprint density at radius 2 is 2.00 bits per heavy atom. The van der Waals surface area contributed by atoms with Gasteiger partial charge in [-0.15, -0.1) is 6.58 Å². The minimum atomic E-state index is 0.625. The molecule has 0 bridgehead atoms.